The number of nitrogens with one attached hydrogen (secondary N) is 1. The van der Waals surface area contributed by atoms with Gasteiger partial charge in [-0.1, -0.05) is 18.2 Å². The lowest BCUT2D eigenvalue weighted by molar-refractivity contribution is -0.121. The number of carbonyl (C=O) groups is 1. The summed E-state index contributed by atoms with van der Waals surface area (Å²) < 4.78 is 7.20. The van der Waals surface area contributed by atoms with Gasteiger partial charge in [-0.3, -0.25) is 9.36 Å². The van der Waals surface area contributed by atoms with Crippen LogP contribution in [0, 0.1) is 0 Å². The third kappa shape index (κ3) is 3.35. The van der Waals surface area contributed by atoms with Crippen LogP contribution in [0.1, 0.15) is 17.7 Å². The number of nitrogens with zero attached hydrogens (tertiary/aromatic N) is 3. The van der Waals surface area contributed by atoms with Crippen molar-refractivity contribution in [3.8, 4) is 5.82 Å². The van der Waals surface area contributed by atoms with Crippen LogP contribution in [-0.4, -0.2) is 20.4 Å². The number of hydrogen-bond donors (Lipinski definition) is 1. The Labute approximate surface area is 150 Å². The van der Waals surface area contributed by atoms with E-state index in [9.17, 15) is 4.79 Å². The number of aromatic nitrogens is 3. The fraction of sp³-hybridized carbons (Fsp3) is 0.150. The summed E-state index contributed by atoms with van der Waals surface area (Å²) >= 11 is 0. The zero-order chi connectivity index (χ0) is 17.8. The highest BCUT2D eigenvalue weighted by atomic mass is 16.3. The van der Waals surface area contributed by atoms with Crippen molar-refractivity contribution < 1.29 is 9.21 Å². The molecule has 3 heterocycles. The number of furan rings is 1. The number of carbonyl (C=O) groups excluding carboxylic acids is 1. The molecule has 130 valence electrons. The molecule has 0 spiro atoms. The molecule has 0 bridgehead atoms. The van der Waals surface area contributed by atoms with Gasteiger partial charge in [0.1, 0.15) is 17.9 Å². The minimum atomic E-state index is -0.0216. The molecule has 26 heavy (non-hydrogen) atoms. The standard InChI is InChI=1S/C20H18N4O2/c25-19(10-9-16-6-4-12-26-16)22-13-15-5-3-11-21-20(15)24-14-23-17-7-1-2-8-18(17)24/h1-8,11-12,14H,9-10,13H2,(H,22,25). The van der Waals surface area contributed by atoms with Crippen molar-refractivity contribution >= 4 is 16.9 Å². The lowest BCUT2D eigenvalue weighted by atomic mass is 10.2. The number of imidazole rings is 1. The van der Waals surface area contributed by atoms with Crippen LogP contribution < -0.4 is 5.32 Å². The van der Waals surface area contributed by atoms with Crippen molar-refractivity contribution in [2.24, 2.45) is 0 Å². The number of amides is 1. The Kier molecular flexibility index (Phi) is 4.47. The molecule has 4 aromatic rings. The second kappa shape index (κ2) is 7.23. The van der Waals surface area contributed by atoms with Crippen LogP contribution in [0.15, 0.2) is 71.7 Å². The summed E-state index contributed by atoms with van der Waals surface area (Å²) in [5.74, 6) is 1.56. The van der Waals surface area contributed by atoms with E-state index in [-0.39, 0.29) is 5.91 Å². The van der Waals surface area contributed by atoms with Gasteiger partial charge in [0.05, 0.1) is 17.3 Å². The maximum Gasteiger partial charge on any atom is 0.220 e. The molecule has 0 saturated carbocycles. The van der Waals surface area contributed by atoms with Gasteiger partial charge in [0.15, 0.2) is 0 Å². The van der Waals surface area contributed by atoms with Gasteiger partial charge in [-0.15, -0.1) is 0 Å². The zero-order valence-electron chi connectivity index (χ0n) is 14.1. The first-order valence-electron chi connectivity index (χ1n) is 8.47. The third-order valence-electron chi connectivity index (χ3n) is 4.20. The van der Waals surface area contributed by atoms with Gasteiger partial charge in [-0.25, -0.2) is 9.97 Å². The van der Waals surface area contributed by atoms with Crippen molar-refractivity contribution in [3.63, 3.8) is 0 Å². The first-order chi connectivity index (χ1) is 12.8. The van der Waals surface area contributed by atoms with Crippen molar-refractivity contribution in [2.75, 3.05) is 0 Å². The highest BCUT2D eigenvalue weighted by Gasteiger charge is 2.11. The quantitative estimate of drug-likeness (QED) is 0.581. The molecule has 0 unspecified atom stereocenters. The summed E-state index contributed by atoms with van der Waals surface area (Å²) in [6.45, 7) is 0.409. The summed E-state index contributed by atoms with van der Waals surface area (Å²) in [6.07, 6.45) is 6.09. The van der Waals surface area contributed by atoms with Gasteiger partial charge in [0.25, 0.3) is 0 Å². The van der Waals surface area contributed by atoms with Crippen LogP contribution in [0.25, 0.3) is 16.9 Å². The van der Waals surface area contributed by atoms with Crippen LogP contribution in [-0.2, 0) is 17.8 Å². The van der Waals surface area contributed by atoms with Crippen molar-refractivity contribution in [1.82, 2.24) is 19.9 Å². The predicted octanol–water partition coefficient (Wildman–Crippen LogP) is 3.26. The summed E-state index contributed by atoms with van der Waals surface area (Å²) in [4.78, 5) is 21.0. The Bertz CT molecular complexity index is 1020. The van der Waals surface area contributed by atoms with Crippen molar-refractivity contribution in [1.29, 1.82) is 0 Å². The average Bonchev–Trinajstić information content (AvgIpc) is 3.34. The molecule has 4 rings (SSSR count). The average molecular weight is 346 g/mol. The maximum atomic E-state index is 12.1. The second-order valence-corrected chi connectivity index (χ2v) is 5.95. The van der Waals surface area contributed by atoms with Crippen LogP contribution >= 0.6 is 0 Å². The molecular weight excluding hydrogens is 328 g/mol. The second-order valence-electron chi connectivity index (χ2n) is 5.95. The molecule has 0 aliphatic carbocycles. The van der Waals surface area contributed by atoms with Gasteiger partial charge in [-0.2, -0.15) is 0 Å². The van der Waals surface area contributed by atoms with Gasteiger partial charge in [0.2, 0.25) is 5.91 Å². The third-order valence-corrected chi connectivity index (χ3v) is 4.20. The van der Waals surface area contributed by atoms with Crippen LogP contribution in [0.3, 0.4) is 0 Å². The highest BCUT2D eigenvalue weighted by Crippen LogP contribution is 2.19. The number of hydrogen-bond acceptors (Lipinski definition) is 4. The molecule has 1 amide bonds. The Morgan fingerprint density at radius 3 is 2.88 bits per heavy atom. The van der Waals surface area contributed by atoms with E-state index in [1.165, 1.54) is 0 Å². The molecule has 6 heteroatoms. The topological polar surface area (TPSA) is 73.0 Å². The van der Waals surface area contributed by atoms with E-state index in [0.717, 1.165) is 28.2 Å². The molecule has 0 atom stereocenters. The molecule has 1 N–H and O–H groups in total. The largest absolute Gasteiger partial charge is 0.469 e. The fourth-order valence-corrected chi connectivity index (χ4v) is 2.89. The van der Waals surface area contributed by atoms with Crippen LogP contribution in [0.5, 0.6) is 0 Å². The van der Waals surface area contributed by atoms with Crippen LogP contribution in [0.2, 0.25) is 0 Å². The number of pyridine rings is 1. The number of fused-ring (bicyclic) bond motifs is 1. The Morgan fingerprint density at radius 1 is 1.08 bits per heavy atom. The smallest absolute Gasteiger partial charge is 0.220 e. The van der Waals surface area contributed by atoms with E-state index in [4.69, 9.17) is 4.42 Å². The monoisotopic (exact) mass is 346 g/mol. The highest BCUT2D eigenvalue weighted by molar-refractivity contribution is 5.77. The molecule has 0 fully saturated rings. The predicted molar refractivity (Wildman–Crippen MR) is 97.7 cm³/mol. The molecule has 6 nitrogen and oxygen atoms in total. The summed E-state index contributed by atoms with van der Waals surface area (Å²) in [5, 5.41) is 2.96. The van der Waals surface area contributed by atoms with Gasteiger partial charge < -0.3 is 9.73 Å². The van der Waals surface area contributed by atoms with E-state index in [1.54, 1.807) is 18.8 Å². The minimum Gasteiger partial charge on any atom is -0.469 e. The zero-order valence-corrected chi connectivity index (χ0v) is 14.1. The lowest BCUT2D eigenvalue weighted by Gasteiger charge is -2.11. The number of para-hydroxylation sites is 2. The Morgan fingerprint density at radius 2 is 2.00 bits per heavy atom. The van der Waals surface area contributed by atoms with Crippen LogP contribution in [0.4, 0.5) is 0 Å². The molecule has 0 aliphatic heterocycles. The summed E-state index contributed by atoms with van der Waals surface area (Å²) in [6, 6.07) is 15.4. The fourth-order valence-electron chi connectivity index (χ4n) is 2.89. The summed E-state index contributed by atoms with van der Waals surface area (Å²) in [7, 11) is 0. The van der Waals surface area contributed by atoms with Gasteiger partial charge in [0, 0.05) is 31.1 Å². The first-order valence-corrected chi connectivity index (χ1v) is 8.47. The summed E-state index contributed by atoms with van der Waals surface area (Å²) in [5.41, 5.74) is 2.82. The minimum absolute atomic E-state index is 0.0216. The Hall–Kier alpha value is -3.41. The molecular formula is C20H18N4O2. The Balaban J connectivity index is 1.48. The normalized spacial score (nSPS) is 10.9. The van der Waals surface area contributed by atoms with E-state index in [2.05, 4.69) is 15.3 Å². The lowest BCUT2D eigenvalue weighted by Crippen LogP contribution is -2.24. The SMILES string of the molecule is O=C(CCc1ccco1)NCc1cccnc1-n1cnc2ccccc21. The number of rotatable bonds is 6. The molecule has 0 aliphatic rings. The van der Waals surface area contributed by atoms with E-state index in [1.807, 2.05) is 53.1 Å². The van der Waals surface area contributed by atoms with E-state index in [0.29, 0.717) is 19.4 Å². The number of aryl methyl sites for hydroxylation is 1. The maximum absolute atomic E-state index is 12.1. The molecule has 3 aromatic heterocycles. The first kappa shape index (κ1) is 16.1. The molecule has 1 aromatic carbocycles. The van der Waals surface area contributed by atoms with E-state index >= 15 is 0 Å². The van der Waals surface area contributed by atoms with E-state index < -0.39 is 0 Å². The molecule has 0 saturated heterocycles. The van der Waals surface area contributed by atoms with Gasteiger partial charge >= 0.3 is 0 Å². The number of benzene rings is 1. The molecule has 0 radical (unpaired) electrons. The van der Waals surface area contributed by atoms with Crippen molar-refractivity contribution in [3.05, 3.63) is 78.6 Å². The van der Waals surface area contributed by atoms with Crippen molar-refractivity contribution in [2.45, 2.75) is 19.4 Å². The van der Waals surface area contributed by atoms with Gasteiger partial charge in [-0.05, 0) is 30.3 Å².